The molecule has 9 heteroatoms. The summed E-state index contributed by atoms with van der Waals surface area (Å²) in [5.41, 5.74) is -0.736. The predicted molar refractivity (Wildman–Crippen MR) is 97.9 cm³/mol. The van der Waals surface area contributed by atoms with Gasteiger partial charge in [0.25, 0.3) is 5.91 Å². The summed E-state index contributed by atoms with van der Waals surface area (Å²) in [4.78, 5) is 26.9. The smallest absolute Gasteiger partial charge is 0.417 e. The Morgan fingerprint density at radius 2 is 1.76 bits per heavy atom. The van der Waals surface area contributed by atoms with Gasteiger partial charge in [-0.1, -0.05) is 0 Å². The third-order valence-corrected chi connectivity index (χ3v) is 4.76. The lowest BCUT2D eigenvalue weighted by molar-refractivity contribution is -0.138. The Balaban J connectivity index is 1.79. The van der Waals surface area contributed by atoms with Gasteiger partial charge in [0.15, 0.2) is 0 Å². The molecule has 1 amide bonds. The maximum absolute atomic E-state index is 13.3. The number of anilines is 1. The van der Waals surface area contributed by atoms with E-state index in [1.54, 1.807) is 18.2 Å². The lowest BCUT2D eigenvalue weighted by Gasteiger charge is -2.37. The molecule has 0 saturated carbocycles. The molecule has 3 rings (SSSR count). The predicted octanol–water partition coefficient (Wildman–Crippen LogP) is 3.63. The Morgan fingerprint density at radius 1 is 1.07 bits per heavy atom. The molecular weight excluding hydrogens is 392 g/mol. The Morgan fingerprint density at radius 3 is 2.34 bits per heavy atom. The zero-order valence-electron chi connectivity index (χ0n) is 15.5. The number of halogens is 4. The molecule has 2 aromatic carbocycles. The van der Waals surface area contributed by atoms with E-state index in [2.05, 4.69) is 0 Å². The Kier molecular flexibility index (Phi) is 5.76. The first-order valence-electron chi connectivity index (χ1n) is 8.78. The van der Waals surface area contributed by atoms with Crippen molar-refractivity contribution in [1.29, 1.82) is 0 Å². The number of carbonyl (C=O) groups excluding carboxylic acids is 2. The number of benzene rings is 2. The van der Waals surface area contributed by atoms with Gasteiger partial charge in [-0.05, 0) is 36.4 Å². The maximum Gasteiger partial charge on any atom is 0.417 e. The normalized spacial score (nSPS) is 14.7. The van der Waals surface area contributed by atoms with Crippen LogP contribution in [0.2, 0.25) is 0 Å². The lowest BCUT2D eigenvalue weighted by atomic mass is 10.0. The summed E-state index contributed by atoms with van der Waals surface area (Å²) < 4.78 is 58.2. The molecular formula is C20H18F4N2O3. The molecule has 0 N–H and O–H groups in total. The van der Waals surface area contributed by atoms with Crippen LogP contribution in [-0.4, -0.2) is 50.4 Å². The molecule has 0 aromatic heterocycles. The summed E-state index contributed by atoms with van der Waals surface area (Å²) in [5, 5.41) is 0. The molecule has 5 nitrogen and oxygen atoms in total. The van der Waals surface area contributed by atoms with Gasteiger partial charge in [-0.3, -0.25) is 9.59 Å². The van der Waals surface area contributed by atoms with Crippen molar-refractivity contribution in [3.63, 3.8) is 0 Å². The number of hydrogen-bond donors (Lipinski definition) is 0. The van der Waals surface area contributed by atoms with Crippen LogP contribution in [0, 0.1) is 5.82 Å². The number of rotatable bonds is 4. The van der Waals surface area contributed by atoms with E-state index >= 15 is 0 Å². The number of methoxy groups -OCH3 is 1. The molecule has 29 heavy (non-hydrogen) atoms. The molecule has 154 valence electrons. The topological polar surface area (TPSA) is 49.9 Å². The molecule has 0 bridgehead atoms. The van der Waals surface area contributed by atoms with E-state index in [9.17, 15) is 27.2 Å². The third kappa shape index (κ3) is 4.33. The zero-order chi connectivity index (χ0) is 21.2. The van der Waals surface area contributed by atoms with E-state index in [1.165, 1.54) is 12.0 Å². The second-order valence-electron chi connectivity index (χ2n) is 6.52. The number of ether oxygens (including phenoxy) is 1. The van der Waals surface area contributed by atoms with E-state index in [1.807, 2.05) is 4.90 Å². The van der Waals surface area contributed by atoms with Crippen LogP contribution in [0.25, 0.3) is 0 Å². The highest BCUT2D eigenvalue weighted by molar-refractivity contribution is 5.96. The van der Waals surface area contributed by atoms with Crippen molar-refractivity contribution in [2.45, 2.75) is 6.18 Å². The van der Waals surface area contributed by atoms with Crippen LogP contribution < -0.4 is 9.64 Å². The fraction of sp³-hybridized carbons (Fsp3) is 0.300. The van der Waals surface area contributed by atoms with Gasteiger partial charge in [-0.25, -0.2) is 4.39 Å². The summed E-state index contributed by atoms with van der Waals surface area (Å²) in [6, 6.07) is 6.97. The van der Waals surface area contributed by atoms with Crippen LogP contribution in [0.5, 0.6) is 5.75 Å². The number of aldehydes is 1. The standard InChI is InChI=1S/C20H18F4N2O3/c1-29-18-5-2-13(12-27)10-17(18)25-6-8-26(9-7-25)19(28)15-4-3-14(21)11-16(15)20(22,23)24/h2-5,10-12H,6-9H2,1H3. The average Bonchev–Trinajstić information content (AvgIpc) is 2.72. The first kappa shape index (κ1) is 20.6. The minimum atomic E-state index is -4.84. The number of carbonyl (C=O) groups is 2. The highest BCUT2D eigenvalue weighted by Crippen LogP contribution is 2.34. The summed E-state index contributed by atoms with van der Waals surface area (Å²) >= 11 is 0. The largest absolute Gasteiger partial charge is 0.495 e. The summed E-state index contributed by atoms with van der Waals surface area (Å²) in [5.74, 6) is -1.31. The molecule has 1 fully saturated rings. The number of hydrogen-bond acceptors (Lipinski definition) is 4. The van der Waals surface area contributed by atoms with Gasteiger partial charge in [-0.2, -0.15) is 13.2 Å². The van der Waals surface area contributed by atoms with Crippen molar-refractivity contribution in [2.75, 3.05) is 38.2 Å². The number of nitrogens with zero attached hydrogens (tertiary/aromatic N) is 2. The van der Waals surface area contributed by atoms with Gasteiger partial charge >= 0.3 is 6.18 Å². The fourth-order valence-electron chi connectivity index (χ4n) is 3.29. The third-order valence-electron chi connectivity index (χ3n) is 4.76. The van der Waals surface area contributed by atoms with Crippen molar-refractivity contribution in [2.24, 2.45) is 0 Å². The number of alkyl halides is 3. The van der Waals surface area contributed by atoms with Gasteiger partial charge in [0, 0.05) is 31.7 Å². The SMILES string of the molecule is COc1ccc(C=O)cc1N1CCN(C(=O)c2ccc(F)cc2C(F)(F)F)CC1. The minimum Gasteiger partial charge on any atom is -0.495 e. The second kappa shape index (κ2) is 8.10. The Labute approximate surface area is 164 Å². The van der Waals surface area contributed by atoms with Crippen molar-refractivity contribution < 1.29 is 31.9 Å². The molecule has 0 aliphatic carbocycles. The molecule has 0 radical (unpaired) electrons. The monoisotopic (exact) mass is 410 g/mol. The van der Waals surface area contributed by atoms with Crippen LogP contribution >= 0.6 is 0 Å². The second-order valence-corrected chi connectivity index (χ2v) is 6.52. The minimum absolute atomic E-state index is 0.169. The van der Waals surface area contributed by atoms with Crippen LogP contribution in [0.4, 0.5) is 23.2 Å². The number of amides is 1. The van der Waals surface area contributed by atoms with Gasteiger partial charge in [0.05, 0.1) is 23.9 Å². The first-order valence-corrected chi connectivity index (χ1v) is 8.78. The lowest BCUT2D eigenvalue weighted by Crippen LogP contribution is -2.49. The van der Waals surface area contributed by atoms with E-state index in [0.29, 0.717) is 42.4 Å². The summed E-state index contributed by atoms with van der Waals surface area (Å²) in [6.07, 6.45) is -4.13. The van der Waals surface area contributed by atoms with Gasteiger partial charge in [0.2, 0.25) is 0 Å². The van der Waals surface area contributed by atoms with E-state index < -0.39 is 29.0 Å². The molecule has 0 atom stereocenters. The van der Waals surface area contributed by atoms with Gasteiger partial charge in [-0.15, -0.1) is 0 Å². The first-order chi connectivity index (χ1) is 13.7. The van der Waals surface area contributed by atoms with Crippen molar-refractivity contribution in [3.8, 4) is 5.75 Å². The highest BCUT2D eigenvalue weighted by atomic mass is 19.4. The maximum atomic E-state index is 13.3. The van der Waals surface area contributed by atoms with Crippen LogP contribution in [0.15, 0.2) is 36.4 Å². The number of piperazine rings is 1. The molecule has 1 saturated heterocycles. The molecule has 1 heterocycles. The summed E-state index contributed by atoms with van der Waals surface area (Å²) in [6.45, 7) is 1.02. The van der Waals surface area contributed by atoms with E-state index in [-0.39, 0.29) is 13.1 Å². The molecule has 0 spiro atoms. The molecule has 0 unspecified atom stereocenters. The quantitative estimate of drug-likeness (QED) is 0.571. The van der Waals surface area contributed by atoms with Gasteiger partial charge in [0.1, 0.15) is 17.9 Å². The van der Waals surface area contributed by atoms with E-state index in [0.717, 1.165) is 12.1 Å². The van der Waals surface area contributed by atoms with Crippen molar-refractivity contribution >= 4 is 17.9 Å². The Bertz CT molecular complexity index is 922. The fourth-order valence-corrected chi connectivity index (χ4v) is 3.29. The summed E-state index contributed by atoms with van der Waals surface area (Å²) in [7, 11) is 1.49. The van der Waals surface area contributed by atoms with Crippen molar-refractivity contribution in [1.82, 2.24) is 4.90 Å². The van der Waals surface area contributed by atoms with Crippen molar-refractivity contribution in [3.05, 3.63) is 58.9 Å². The van der Waals surface area contributed by atoms with Crippen LogP contribution in [-0.2, 0) is 6.18 Å². The average molecular weight is 410 g/mol. The molecule has 2 aromatic rings. The van der Waals surface area contributed by atoms with Gasteiger partial charge < -0.3 is 14.5 Å². The van der Waals surface area contributed by atoms with Crippen LogP contribution in [0.3, 0.4) is 0 Å². The molecule has 1 aliphatic rings. The van der Waals surface area contributed by atoms with Crippen LogP contribution in [0.1, 0.15) is 26.3 Å². The zero-order valence-corrected chi connectivity index (χ0v) is 15.5. The Hall–Kier alpha value is -3.10. The highest BCUT2D eigenvalue weighted by Gasteiger charge is 2.37. The van der Waals surface area contributed by atoms with E-state index in [4.69, 9.17) is 4.74 Å². The molecule has 1 aliphatic heterocycles.